The molecule has 0 amide bonds. The number of anilines is 6. The van der Waals surface area contributed by atoms with Gasteiger partial charge in [0.1, 0.15) is 6.29 Å². The Morgan fingerprint density at radius 3 is 1.17 bits per heavy atom. The van der Waals surface area contributed by atoms with E-state index >= 15 is 0 Å². The molecule has 9 aliphatic rings. The molecule has 3 fully saturated rings. The number of allylic oxidation sites excluding steroid dienone is 1. The maximum Gasteiger partial charge on any atom is 0.160 e. The van der Waals surface area contributed by atoms with Crippen molar-refractivity contribution in [2.24, 2.45) is 0 Å². The number of carbonyl (C=O) groups is 3. The van der Waals surface area contributed by atoms with E-state index in [-0.39, 0.29) is 16.2 Å². The van der Waals surface area contributed by atoms with Gasteiger partial charge in [0.2, 0.25) is 0 Å². The lowest BCUT2D eigenvalue weighted by Gasteiger charge is -2.33. The van der Waals surface area contributed by atoms with E-state index in [9.17, 15) is 14.4 Å². The van der Waals surface area contributed by atoms with Crippen LogP contribution in [0.2, 0.25) is 0 Å². The summed E-state index contributed by atoms with van der Waals surface area (Å²) in [5, 5.41) is 0. The van der Waals surface area contributed by atoms with Crippen LogP contribution < -0.4 is 14.7 Å². The van der Waals surface area contributed by atoms with Crippen LogP contribution in [0.15, 0.2) is 212 Å². The smallest absolute Gasteiger partial charge is 0.160 e. The summed E-state index contributed by atoms with van der Waals surface area (Å²) in [7, 11) is 0. The lowest BCUT2D eigenvalue weighted by atomic mass is 9.71. The number of nitrogens with zero attached hydrogens (tertiary/aromatic N) is 3. The van der Waals surface area contributed by atoms with E-state index in [1.807, 2.05) is 19.9 Å². The van der Waals surface area contributed by atoms with Gasteiger partial charge in [0, 0.05) is 106 Å². The number of benzene rings is 9. The molecule has 6 nitrogen and oxygen atoms in total. The minimum Gasteiger partial charge on any atom is -0.337 e. The van der Waals surface area contributed by atoms with Gasteiger partial charge >= 0.3 is 0 Å². The van der Waals surface area contributed by atoms with Crippen LogP contribution in [0.1, 0.15) is 241 Å². The monoisotopic (exact) mass is 1520 g/mol. The lowest BCUT2D eigenvalue weighted by Crippen LogP contribution is -2.27. The van der Waals surface area contributed by atoms with Gasteiger partial charge in [-0.15, -0.1) is 34.0 Å². The Morgan fingerprint density at radius 2 is 0.759 bits per heavy atom. The van der Waals surface area contributed by atoms with Crippen LogP contribution in [0.25, 0.3) is 70.8 Å². The van der Waals surface area contributed by atoms with Crippen LogP contribution in [0.4, 0.5) is 34.1 Å². The van der Waals surface area contributed by atoms with Crippen molar-refractivity contribution >= 4 is 93.1 Å². The average molecular weight is 1520 g/mol. The molecule has 0 bridgehead atoms. The summed E-state index contributed by atoms with van der Waals surface area (Å²) in [6.07, 6.45) is 25.1. The SMILES string of the molecule is CC1(C)c2ccccc2-c2cc(N3c4ccc(-c5ccc(/C=C/C=O)s5)cc4C4CCCC43)ccc21.CCCCC1(CCCC)c2ccccc2-c2cc(N3c4ccc(-c5cc(C)c(C=O)s5)cc4C4CCCC43)ccc21.Cc1cc(-c2ccc3c(c2)C2CCCC2N3c2ccc3c(c2)-c2ccccc2C3(C)C)sc1C=O. The fraction of sp³-hybridized carbons (Fsp3) is 0.311. The van der Waals surface area contributed by atoms with Gasteiger partial charge in [-0.25, -0.2) is 0 Å². The molecule has 0 saturated heterocycles. The number of hydrogen-bond acceptors (Lipinski definition) is 9. The summed E-state index contributed by atoms with van der Waals surface area (Å²) in [6.45, 7) is 18.1. The molecule has 12 aromatic rings. The van der Waals surface area contributed by atoms with E-state index < -0.39 is 0 Å². The van der Waals surface area contributed by atoms with Crippen LogP contribution in [-0.2, 0) is 21.0 Å². The van der Waals surface area contributed by atoms with Crippen LogP contribution in [0, 0.1) is 13.8 Å². The predicted octanol–water partition coefficient (Wildman–Crippen LogP) is 28.3. The Hall–Kier alpha value is -9.77. The van der Waals surface area contributed by atoms with Gasteiger partial charge in [0.15, 0.2) is 12.6 Å². The standard InChI is InChI=1S/C38H41NOS.C33H29NOS.C32H29NOS/c1-4-6-19-38(20-7-5-2)32-13-9-8-11-28(32)30-23-27(16-17-33(30)38)39-34-14-10-12-29(34)31-22-26(15-18-35(31)39)36-21-25(3)37(24-40)41-36;1-33(2)28-10-4-3-8-24(28)26-20-22(13-15-29(26)33)34-30-11-5-9-25(30)27-19-21(12-16-31(27)34)32-17-14-23(36-32)7-6-18-35;1-19-15-30(35-31(19)18-34)20-11-14-29-25(16-20)23-8-6-10-28(23)33(29)21-12-13-27-24(17-21)22-7-4-5-9-26(22)32(27,2)3/h8-9,11,13,15-18,21-24,29,34H,4-7,10,12,14,19-20H2,1-3H3;3-4,6-8,10,12-20,25,30H,5,9,11H2,1-2H3;4-5,7,9,11-18,23,28H,6,8,10H2,1-3H3/b;7-6+;. The maximum atomic E-state index is 11.5. The number of thiophene rings is 3. The second-order valence-corrected chi connectivity index (χ2v) is 37.6. The Balaban J connectivity index is 0.000000114. The van der Waals surface area contributed by atoms with E-state index in [0.29, 0.717) is 35.9 Å². The molecule has 3 aromatic heterocycles. The molecule has 0 radical (unpaired) electrons. The summed E-state index contributed by atoms with van der Waals surface area (Å²) in [5.74, 6) is 1.74. The Bertz CT molecular complexity index is 5770. The molecule has 112 heavy (non-hydrogen) atoms. The van der Waals surface area contributed by atoms with Crippen molar-refractivity contribution in [3.63, 3.8) is 0 Å². The second-order valence-electron chi connectivity index (χ2n) is 34.4. The summed E-state index contributed by atoms with van der Waals surface area (Å²) < 4.78 is 0. The predicted molar refractivity (Wildman–Crippen MR) is 472 cm³/mol. The van der Waals surface area contributed by atoms with Crippen LogP contribution >= 0.6 is 34.0 Å². The fourth-order valence-electron chi connectivity index (χ4n) is 22.2. The number of hydrogen-bond donors (Lipinski definition) is 0. The number of carbonyl (C=O) groups excluding carboxylic acids is 3. The highest BCUT2D eigenvalue weighted by Crippen LogP contribution is 2.62. The van der Waals surface area contributed by atoms with Gasteiger partial charge in [-0.05, 0) is 286 Å². The van der Waals surface area contributed by atoms with Gasteiger partial charge in [0.25, 0.3) is 0 Å². The van der Waals surface area contributed by atoms with Crippen molar-refractivity contribution < 1.29 is 14.4 Å². The molecule has 9 aromatic carbocycles. The molecule has 9 heteroatoms. The van der Waals surface area contributed by atoms with Gasteiger partial charge in [-0.2, -0.15) is 0 Å². The fourth-order valence-corrected chi connectivity index (χ4v) is 25.1. The zero-order valence-corrected chi connectivity index (χ0v) is 68.3. The first-order valence-corrected chi connectivity index (χ1v) is 43.9. The van der Waals surface area contributed by atoms with Gasteiger partial charge in [-0.1, -0.05) is 196 Å². The van der Waals surface area contributed by atoms with Crippen molar-refractivity contribution in [2.45, 2.75) is 204 Å². The number of fused-ring (bicyclic) bond motifs is 18. The van der Waals surface area contributed by atoms with Gasteiger partial charge in [-0.3, -0.25) is 14.4 Å². The highest BCUT2D eigenvalue weighted by molar-refractivity contribution is 7.17. The third-order valence-corrected chi connectivity index (χ3v) is 31.1. The maximum absolute atomic E-state index is 11.5. The topological polar surface area (TPSA) is 60.9 Å². The molecule has 3 saturated carbocycles. The van der Waals surface area contributed by atoms with Crippen molar-refractivity contribution in [1.82, 2.24) is 0 Å². The first-order chi connectivity index (χ1) is 54.6. The molecular weight excluding hydrogens is 1420 g/mol. The number of aryl methyl sites for hydroxylation is 2. The minimum absolute atomic E-state index is 0.0391. The molecule has 6 atom stereocenters. The average Bonchev–Trinajstić information content (AvgIpc) is 1.58. The molecule has 0 spiro atoms. The molecule has 6 heterocycles. The highest BCUT2D eigenvalue weighted by Gasteiger charge is 2.48. The van der Waals surface area contributed by atoms with Crippen molar-refractivity contribution in [3.8, 4) is 64.7 Å². The molecule has 21 rings (SSSR count). The molecule has 3 aliphatic heterocycles. The van der Waals surface area contributed by atoms with Crippen molar-refractivity contribution in [1.29, 1.82) is 0 Å². The normalized spacial score (nSPS) is 20.4. The number of rotatable bonds is 16. The summed E-state index contributed by atoms with van der Waals surface area (Å²) in [5.41, 5.74) is 36.0. The van der Waals surface area contributed by atoms with E-state index in [0.717, 1.165) is 44.6 Å². The van der Waals surface area contributed by atoms with E-state index in [1.165, 1.54) is 234 Å². The number of aldehydes is 3. The Morgan fingerprint density at radius 1 is 0.384 bits per heavy atom. The van der Waals surface area contributed by atoms with E-state index in [1.54, 1.807) is 51.2 Å². The van der Waals surface area contributed by atoms with Crippen LogP contribution in [0.5, 0.6) is 0 Å². The van der Waals surface area contributed by atoms with Gasteiger partial charge in [0.05, 0.1) is 9.75 Å². The molecule has 0 N–H and O–H groups in total. The zero-order valence-electron chi connectivity index (χ0n) is 65.9. The summed E-state index contributed by atoms with van der Waals surface area (Å²) in [4.78, 5) is 48.0. The Labute approximate surface area is 674 Å². The van der Waals surface area contributed by atoms with E-state index in [2.05, 4.69) is 262 Å². The quantitative estimate of drug-likeness (QED) is 0.0710. The lowest BCUT2D eigenvalue weighted by molar-refractivity contribution is -0.104. The largest absolute Gasteiger partial charge is 0.337 e. The summed E-state index contributed by atoms with van der Waals surface area (Å²) in [6, 6.07) is 80.2. The Kier molecular flexibility index (Phi) is 18.6. The third kappa shape index (κ3) is 11.7. The highest BCUT2D eigenvalue weighted by atomic mass is 32.1. The third-order valence-electron chi connectivity index (χ3n) is 27.6. The first-order valence-electron chi connectivity index (χ1n) is 41.5. The summed E-state index contributed by atoms with van der Waals surface area (Å²) >= 11 is 4.96. The molecule has 562 valence electrons. The molecule has 6 unspecified atom stereocenters. The first kappa shape index (κ1) is 72.5. The minimum atomic E-state index is 0.0391. The molecule has 6 aliphatic carbocycles. The second kappa shape index (κ2) is 28.7. The molecular formula is C103H99N3O3S3. The number of unbranched alkanes of at least 4 members (excludes halogenated alkanes) is 2. The van der Waals surface area contributed by atoms with Crippen LogP contribution in [0.3, 0.4) is 0 Å². The zero-order chi connectivity index (χ0) is 76.5. The van der Waals surface area contributed by atoms with E-state index in [4.69, 9.17) is 0 Å². The van der Waals surface area contributed by atoms with Crippen molar-refractivity contribution in [2.75, 3.05) is 14.7 Å². The van der Waals surface area contributed by atoms with Crippen LogP contribution in [-0.4, -0.2) is 37.0 Å². The van der Waals surface area contributed by atoms with Gasteiger partial charge < -0.3 is 14.7 Å². The van der Waals surface area contributed by atoms with Crippen molar-refractivity contribution in [3.05, 3.63) is 288 Å².